The van der Waals surface area contributed by atoms with E-state index in [-0.39, 0.29) is 23.3 Å². The Morgan fingerprint density at radius 1 is 1.11 bits per heavy atom. The van der Waals surface area contributed by atoms with Crippen LogP contribution in [0.3, 0.4) is 0 Å². The first-order valence-electron chi connectivity index (χ1n) is 12.3. The van der Waals surface area contributed by atoms with Crippen LogP contribution >= 0.6 is 0 Å². The van der Waals surface area contributed by atoms with Gasteiger partial charge in [-0.25, -0.2) is 18.2 Å². The zero-order chi connectivity index (χ0) is 25.6. The highest BCUT2D eigenvalue weighted by Gasteiger charge is 2.45. The molecule has 1 aromatic heterocycles. The summed E-state index contributed by atoms with van der Waals surface area (Å²) in [6.07, 6.45) is 1.71. The van der Waals surface area contributed by atoms with Crippen LogP contribution in [0, 0.1) is 18.7 Å². The fourth-order valence-electron chi connectivity index (χ4n) is 4.97. The monoisotopic (exact) mass is 497 g/mol. The minimum atomic E-state index is -2.84. The first-order valence-corrected chi connectivity index (χ1v) is 12.3. The molecule has 0 saturated heterocycles. The van der Waals surface area contributed by atoms with Crippen molar-refractivity contribution in [3.63, 3.8) is 0 Å². The zero-order valence-electron chi connectivity index (χ0n) is 20.7. The minimum Gasteiger partial charge on any atom is -0.493 e. The smallest absolute Gasteiger partial charge is 0.264 e. The van der Waals surface area contributed by atoms with Crippen molar-refractivity contribution < 1.29 is 27.8 Å². The number of aromatic nitrogens is 1. The van der Waals surface area contributed by atoms with Gasteiger partial charge in [-0.2, -0.15) is 0 Å². The van der Waals surface area contributed by atoms with Crippen molar-refractivity contribution in [1.29, 1.82) is 0 Å². The molecule has 2 aliphatic rings. The van der Waals surface area contributed by atoms with Gasteiger partial charge in [-0.3, -0.25) is 0 Å². The van der Waals surface area contributed by atoms with Crippen molar-refractivity contribution >= 4 is 0 Å². The van der Waals surface area contributed by atoms with Gasteiger partial charge in [-0.15, -0.1) is 0 Å². The fourth-order valence-corrected chi connectivity index (χ4v) is 4.97. The van der Waals surface area contributed by atoms with E-state index in [4.69, 9.17) is 9.47 Å². The maximum absolute atomic E-state index is 14.8. The van der Waals surface area contributed by atoms with Gasteiger partial charge in [0.25, 0.3) is 6.43 Å². The molecule has 4 nitrogen and oxygen atoms in total. The predicted octanol–water partition coefficient (Wildman–Crippen LogP) is 6.91. The van der Waals surface area contributed by atoms with Crippen LogP contribution in [-0.4, -0.2) is 22.3 Å². The number of hydrogen-bond donors (Lipinski definition) is 1. The molecular weight excluding hydrogens is 467 g/mol. The van der Waals surface area contributed by atoms with E-state index in [2.05, 4.69) is 4.98 Å². The summed E-state index contributed by atoms with van der Waals surface area (Å²) in [6, 6.07) is 9.40. The first kappa shape index (κ1) is 24.6. The SMILES string of the molecule is Cc1cc(OCCC(C)(C)O)ccc1-c1cc(COc2cc3c(cn2)[C@@H]2C[C@@H]2C3)c(F)cc1C(F)F. The Hall–Kier alpha value is -3.06. The van der Waals surface area contributed by atoms with Crippen molar-refractivity contribution in [2.24, 2.45) is 5.92 Å². The Morgan fingerprint density at radius 2 is 1.92 bits per heavy atom. The number of rotatable bonds is 9. The van der Waals surface area contributed by atoms with Gasteiger partial charge >= 0.3 is 0 Å². The van der Waals surface area contributed by atoms with Crippen LogP contribution in [0.4, 0.5) is 13.2 Å². The second-order valence-electron chi connectivity index (χ2n) is 10.5. The molecule has 1 fully saturated rings. The summed E-state index contributed by atoms with van der Waals surface area (Å²) >= 11 is 0. The van der Waals surface area contributed by atoms with Crippen molar-refractivity contribution in [1.82, 2.24) is 4.98 Å². The molecule has 3 aromatic rings. The second-order valence-corrected chi connectivity index (χ2v) is 10.5. The summed E-state index contributed by atoms with van der Waals surface area (Å²) in [4.78, 5) is 4.37. The first-order chi connectivity index (χ1) is 17.1. The number of aliphatic hydroxyl groups is 1. The van der Waals surface area contributed by atoms with Crippen LogP contribution < -0.4 is 9.47 Å². The topological polar surface area (TPSA) is 51.6 Å². The predicted molar refractivity (Wildman–Crippen MR) is 131 cm³/mol. The largest absolute Gasteiger partial charge is 0.493 e. The maximum Gasteiger partial charge on any atom is 0.264 e. The Balaban J connectivity index is 1.36. The highest BCUT2D eigenvalue weighted by atomic mass is 19.3. The number of fused-ring (bicyclic) bond motifs is 3. The summed E-state index contributed by atoms with van der Waals surface area (Å²) in [5.74, 6) is 1.61. The highest BCUT2D eigenvalue weighted by Crippen LogP contribution is 2.56. The summed E-state index contributed by atoms with van der Waals surface area (Å²) in [6.45, 7) is 5.41. The number of aryl methyl sites for hydroxylation is 1. The third-order valence-electron chi connectivity index (χ3n) is 7.10. The lowest BCUT2D eigenvalue weighted by Gasteiger charge is -2.18. The Bertz CT molecular complexity index is 1290. The third kappa shape index (κ3) is 5.21. The fraction of sp³-hybridized carbons (Fsp3) is 0.414. The van der Waals surface area contributed by atoms with E-state index in [0.717, 1.165) is 24.0 Å². The molecule has 0 unspecified atom stereocenters. The van der Waals surface area contributed by atoms with Gasteiger partial charge in [0.05, 0.1) is 12.2 Å². The maximum atomic E-state index is 14.8. The van der Waals surface area contributed by atoms with E-state index in [1.807, 2.05) is 12.3 Å². The summed E-state index contributed by atoms with van der Waals surface area (Å²) in [7, 11) is 0. The van der Waals surface area contributed by atoms with E-state index in [1.165, 1.54) is 23.6 Å². The van der Waals surface area contributed by atoms with Gasteiger partial charge in [0.15, 0.2) is 0 Å². The summed E-state index contributed by atoms with van der Waals surface area (Å²) in [5.41, 5.74) is 3.03. The van der Waals surface area contributed by atoms with E-state index in [9.17, 15) is 18.3 Å². The number of alkyl halides is 2. The van der Waals surface area contributed by atoms with Crippen LogP contribution in [-0.2, 0) is 13.0 Å². The molecule has 0 aliphatic heterocycles. The van der Waals surface area contributed by atoms with Gasteiger partial charge in [0.1, 0.15) is 18.2 Å². The average Bonchev–Trinajstić information content (AvgIpc) is 3.48. The normalized spacial score (nSPS) is 18.2. The Labute approximate surface area is 209 Å². The van der Waals surface area contributed by atoms with Crippen molar-refractivity contribution in [2.45, 2.75) is 64.6 Å². The number of benzene rings is 2. The number of hydrogen-bond acceptors (Lipinski definition) is 4. The molecule has 7 heteroatoms. The van der Waals surface area contributed by atoms with Gasteiger partial charge < -0.3 is 14.6 Å². The average molecular weight is 498 g/mol. The molecular formula is C29H30F3NO3. The molecule has 0 radical (unpaired) electrons. The minimum absolute atomic E-state index is 0.113. The van der Waals surface area contributed by atoms with Crippen LogP contribution in [0.1, 0.15) is 66.8 Å². The Morgan fingerprint density at radius 3 is 2.64 bits per heavy atom. The van der Waals surface area contributed by atoms with Crippen LogP contribution in [0.25, 0.3) is 11.1 Å². The summed E-state index contributed by atoms with van der Waals surface area (Å²) in [5, 5.41) is 9.85. The number of ether oxygens (including phenoxy) is 2. The summed E-state index contributed by atoms with van der Waals surface area (Å²) < 4.78 is 54.0. The number of halogens is 3. The van der Waals surface area contributed by atoms with Crippen LogP contribution in [0.2, 0.25) is 0 Å². The van der Waals surface area contributed by atoms with E-state index in [1.54, 1.807) is 39.0 Å². The molecule has 190 valence electrons. The number of pyridine rings is 1. The lowest BCUT2D eigenvalue weighted by Crippen LogP contribution is -2.21. The Kier molecular flexibility index (Phi) is 6.45. The molecule has 0 bridgehead atoms. The molecule has 36 heavy (non-hydrogen) atoms. The zero-order valence-corrected chi connectivity index (χ0v) is 20.7. The van der Waals surface area contributed by atoms with Crippen molar-refractivity contribution in [3.05, 3.63) is 76.2 Å². The lowest BCUT2D eigenvalue weighted by molar-refractivity contribution is 0.0553. The molecule has 1 saturated carbocycles. The molecule has 0 spiro atoms. The van der Waals surface area contributed by atoms with Gasteiger partial charge in [0.2, 0.25) is 5.88 Å². The molecule has 2 atom stereocenters. The van der Waals surface area contributed by atoms with E-state index in [0.29, 0.717) is 36.1 Å². The molecule has 5 rings (SSSR count). The molecule has 1 N–H and O–H groups in total. The van der Waals surface area contributed by atoms with Crippen molar-refractivity contribution in [3.8, 4) is 22.8 Å². The molecule has 2 aromatic carbocycles. The van der Waals surface area contributed by atoms with Gasteiger partial charge in [0, 0.05) is 29.8 Å². The van der Waals surface area contributed by atoms with E-state index >= 15 is 0 Å². The second kappa shape index (κ2) is 9.43. The standard InChI is InChI=1S/C29H30F3NO3/c1-16-8-20(35-7-6-29(2,3)34)4-5-21(16)23-11-19(26(30)13-24(23)28(31)32)15-36-27-12-18-9-17-10-22(17)25(18)14-33-27/h4-5,8,11-14,17,22,28,34H,6-7,9-10,15H2,1-3H3/t17-,22+/m0/s1. The van der Waals surface area contributed by atoms with E-state index < -0.39 is 17.8 Å². The molecule has 0 amide bonds. The van der Waals surface area contributed by atoms with Gasteiger partial charge in [-0.1, -0.05) is 6.07 Å². The van der Waals surface area contributed by atoms with Crippen LogP contribution in [0.5, 0.6) is 11.6 Å². The molecule has 1 heterocycles. The van der Waals surface area contributed by atoms with Crippen LogP contribution in [0.15, 0.2) is 42.6 Å². The third-order valence-corrected chi connectivity index (χ3v) is 7.10. The quantitative estimate of drug-likeness (QED) is 0.349. The molecule has 2 aliphatic carbocycles. The lowest BCUT2D eigenvalue weighted by atomic mass is 9.94. The highest BCUT2D eigenvalue weighted by molar-refractivity contribution is 5.72. The van der Waals surface area contributed by atoms with Crippen molar-refractivity contribution in [2.75, 3.05) is 6.61 Å². The van der Waals surface area contributed by atoms with Gasteiger partial charge in [-0.05, 0) is 97.5 Å². The number of nitrogens with zero attached hydrogens (tertiary/aromatic N) is 1.